The van der Waals surface area contributed by atoms with Crippen LogP contribution < -0.4 is 5.73 Å². The molecule has 7 heteroatoms. The number of rotatable bonds is 4. The lowest BCUT2D eigenvalue weighted by molar-refractivity contribution is -0.00897. The maximum atomic E-state index is 13.2. The summed E-state index contributed by atoms with van der Waals surface area (Å²) in [6.45, 7) is 2.85. The van der Waals surface area contributed by atoms with Gasteiger partial charge in [0.15, 0.2) is 0 Å². The molecule has 2 N–H and O–H groups in total. The van der Waals surface area contributed by atoms with E-state index in [1.54, 1.807) is 24.1 Å². The normalized spacial score (nSPS) is 20.7. The van der Waals surface area contributed by atoms with E-state index >= 15 is 0 Å². The Morgan fingerprint density at radius 1 is 1.44 bits per heavy atom. The number of hydrogen-bond acceptors (Lipinski definition) is 5. The predicted molar refractivity (Wildman–Crippen MR) is 96.2 cm³/mol. The lowest BCUT2D eigenvalue weighted by Crippen LogP contribution is -2.55. The van der Waals surface area contributed by atoms with E-state index in [2.05, 4.69) is 4.98 Å². The maximum Gasteiger partial charge on any atom is 0.274 e. The van der Waals surface area contributed by atoms with Crippen LogP contribution in [-0.2, 0) is 4.74 Å². The summed E-state index contributed by atoms with van der Waals surface area (Å²) in [5.74, 6) is -0.444. The van der Waals surface area contributed by atoms with Gasteiger partial charge in [-0.3, -0.25) is 4.79 Å². The predicted octanol–water partition coefficient (Wildman–Crippen LogP) is 2.84. The zero-order valence-electron chi connectivity index (χ0n) is 14.4. The molecule has 0 saturated carbocycles. The van der Waals surface area contributed by atoms with E-state index in [0.717, 1.165) is 28.3 Å². The number of nitrogens with two attached hydrogens (primary N) is 1. The zero-order chi connectivity index (χ0) is 18.0. The summed E-state index contributed by atoms with van der Waals surface area (Å²) in [4.78, 5) is 20.2. The third kappa shape index (κ3) is 3.58. The Hall–Kier alpha value is -1.83. The molecule has 5 nitrogen and oxygen atoms in total. The number of ether oxygens (including phenoxy) is 1. The number of aromatic nitrogens is 1. The lowest BCUT2D eigenvalue weighted by atomic mass is 9.98. The molecule has 0 unspecified atom stereocenters. The first-order chi connectivity index (χ1) is 12.0. The first kappa shape index (κ1) is 18.0. The third-order valence-electron chi connectivity index (χ3n) is 4.57. The van der Waals surface area contributed by atoms with Gasteiger partial charge in [-0.2, -0.15) is 0 Å². The molecule has 1 aliphatic rings. The number of piperidine rings is 1. The van der Waals surface area contributed by atoms with Crippen LogP contribution in [0.5, 0.6) is 0 Å². The Bertz CT molecular complexity index is 747. The average Bonchev–Trinajstić information content (AvgIpc) is 3.02. The number of methoxy groups -OCH3 is 1. The van der Waals surface area contributed by atoms with Crippen molar-refractivity contribution in [1.82, 2.24) is 9.88 Å². The molecule has 25 heavy (non-hydrogen) atoms. The Kier molecular flexibility index (Phi) is 5.46. The van der Waals surface area contributed by atoms with E-state index in [1.807, 2.05) is 6.92 Å². The molecule has 2 atom stereocenters. The van der Waals surface area contributed by atoms with Gasteiger partial charge in [0.1, 0.15) is 11.5 Å². The fraction of sp³-hybridized carbons (Fsp3) is 0.444. The van der Waals surface area contributed by atoms with Crippen LogP contribution in [0.25, 0.3) is 10.4 Å². The molecular formula is C18H22FN3O2S. The summed E-state index contributed by atoms with van der Waals surface area (Å²) in [5.41, 5.74) is 7.11. The highest BCUT2D eigenvalue weighted by Crippen LogP contribution is 2.32. The molecule has 0 aliphatic carbocycles. The highest BCUT2D eigenvalue weighted by atomic mass is 32.1. The number of carbonyl (C=O) groups is 1. The number of thiazole rings is 1. The van der Waals surface area contributed by atoms with E-state index in [9.17, 15) is 9.18 Å². The lowest BCUT2D eigenvalue weighted by Gasteiger charge is -2.39. The minimum atomic E-state index is -0.306. The molecule has 0 bridgehead atoms. The SMILES string of the molecule is CO[C@H]1CCCN(C(=O)c2nc(C)sc2-c2ccc(F)cc2)[C@H]1CN. The van der Waals surface area contributed by atoms with Crippen LogP contribution in [0.3, 0.4) is 0 Å². The first-order valence-corrected chi connectivity index (χ1v) is 9.14. The van der Waals surface area contributed by atoms with E-state index < -0.39 is 0 Å². The van der Waals surface area contributed by atoms with Crippen molar-refractivity contribution in [3.63, 3.8) is 0 Å². The molecule has 1 amide bonds. The summed E-state index contributed by atoms with van der Waals surface area (Å²) in [5, 5.41) is 0.798. The number of benzene rings is 1. The quantitative estimate of drug-likeness (QED) is 0.907. The molecule has 1 aliphatic heterocycles. The van der Waals surface area contributed by atoms with Gasteiger partial charge in [-0.15, -0.1) is 11.3 Å². The molecular weight excluding hydrogens is 341 g/mol. The Balaban J connectivity index is 1.96. The fourth-order valence-electron chi connectivity index (χ4n) is 3.33. The fourth-order valence-corrected chi connectivity index (χ4v) is 4.25. The summed E-state index contributed by atoms with van der Waals surface area (Å²) >= 11 is 1.44. The van der Waals surface area contributed by atoms with Gasteiger partial charge < -0.3 is 15.4 Å². The second-order valence-electron chi connectivity index (χ2n) is 6.14. The van der Waals surface area contributed by atoms with Gasteiger partial charge in [-0.25, -0.2) is 9.37 Å². The Morgan fingerprint density at radius 2 is 2.16 bits per heavy atom. The minimum Gasteiger partial charge on any atom is -0.379 e. The maximum absolute atomic E-state index is 13.2. The molecule has 1 saturated heterocycles. The number of halogens is 1. The minimum absolute atomic E-state index is 0.0586. The number of aryl methyl sites for hydroxylation is 1. The van der Waals surface area contributed by atoms with Gasteiger partial charge in [-0.1, -0.05) is 12.1 Å². The van der Waals surface area contributed by atoms with Crippen LogP contribution in [0.15, 0.2) is 24.3 Å². The van der Waals surface area contributed by atoms with Crippen LogP contribution in [-0.4, -0.2) is 48.1 Å². The Morgan fingerprint density at radius 3 is 2.80 bits per heavy atom. The number of likely N-dealkylation sites (tertiary alicyclic amines) is 1. The molecule has 1 fully saturated rings. The topological polar surface area (TPSA) is 68.5 Å². The number of amides is 1. The second-order valence-corrected chi connectivity index (χ2v) is 7.34. The van der Waals surface area contributed by atoms with Gasteiger partial charge in [0.25, 0.3) is 5.91 Å². The molecule has 0 radical (unpaired) electrons. The number of carbonyl (C=O) groups excluding carboxylic acids is 1. The van der Waals surface area contributed by atoms with E-state index in [1.165, 1.54) is 23.5 Å². The number of hydrogen-bond donors (Lipinski definition) is 1. The largest absolute Gasteiger partial charge is 0.379 e. The van der Waals surface area contributed by atoms with Gasteiger partial charge in [0.05, 0.1) is 22.0 Å². The summed E-state index contributed by atoms with van der Waals surface area (Å²) in [6, 6.07) is 5.97. The van der Waals surface area contributed by atoms with Crippen LogP contribution in [0, 0.1) is 12.7 Å². The molecule has 134 valence electrons. The molecule has 3 rings (SSSR count). The van der Waals surface area contributed by atoms with Crippen molar-refractivity contribution in [2.45, 2.75) is 31.9 Å². The van der Waals surface area contributed by atoms with Gasteiger partial charge in [-0.05, 0) is 37.5 Å². The van der Waals surface area contributed by atoms with E-state index in [-0.39, 0.29) is 23.9 Å². The highest BCUT2D eigenvalue weighted by molar-refractivity contribution is 7.15. The molecule has 2 aromatic rings. The Labute approximate surface area is 150 Å². The van der Waals surface area contributed by atoms with Crippen molar-refractivity contribution < 1.29 is 13.9 Å². The summed E-state index contributed by atoms with van der Waals surface area (Å²) < 4.78 is 18.7. The molecule has 1 aromatic carbocycles. The van der Waals surface area contributed by atoms with Crippen molar-refractivity contribution in [2.75, 3.05) is 20.2 Å². The van der Waals surface area contributed by atoms with Gasteiger partial charge >= 0.3 is 0 Å². The summed E-state index contributed by atoms with van der Waals surface area (Å²) in [7, 11) is 1.65. The summed E-state index contributed by atoms with van der Waals surface area (Å²) in [6.07, 6.45) is 1.70. The van der Waals surface area contributed by atoms with Gasteiger partial charge in [0, 0.05) is 20.2 Å². The van der Waals surface area contributed by atoms with Crippen molar-refractivity contribution in [3.05, 3.63) is 40.8 Å². The molecule has 2 heterocycles. The van der Waals surface area contributed by atoms with E-state index in [0.29, 0.717) is 18.8 Å². The monoisotopic (exact) mass is 363 g/mol. The van der Waals surface area contributed by atoms with Crippen LogP contribution in [0.4, 0.5) is 4.39 Å². The third-order valence-corrected chi connectivity index (χ3v) is 5.59. The zero-order valence-corrected chi connectivity index (χ0v) is 15.2. The smallest absolute Gasteiger partial charge is 0.274 e. The standard InChI is InChI=1S/C18H22FN3O2S/c1-11-21-16(17(25-11)12-5-7-13(19)8-6-12)18(23)22-9-3-4-15(24-2)14(22)10-20/h5-8,14-15H,3-4,9-10,20H2,1-2H3/t14-,15-/m0/s1. The molecule has 0 spiro atoms. The van der Waals surface area contributed by atoms with Crippen LogP contribution in [0.1, 0.15) is 28.3 Å². The second kappa shape index (κ2) is 7.59. The van der Waals surface area contributed by atoms with Crippen LogP contribution >= 0.6 is 11.3 Å². The van der Waals surface area contributed by atoms with Crippen molar-refractivity contribution >= 4 is 17.2 Å². The van der Waals surface area contributed by atoms with Crippen molar-refractivity contribution in [1.29, 1.82) is 0 Å². The van der Waals surface area contributed by atoms with Crippen molar-refractivity contribution in [2.24, 2.45) is 5.73 Å². The average molecular weight is 363 g/mol. The van der Waals surface area contributed by atoms with Crippen molar-refractivity contribution in [3.8, 4) is 10.4 Å². The van der Waals surface area contributed by atoms with Crippen LogP contribution in [0.2, 0.25) is 0 Å². The first-order valence-electron chi connectivity index (χ1n) is 8.32. The number of nitrogens with zero attached hydrogens (tertiary/aromatic N) is 2. The van der Waals surface area contributed by atoms with Gasteiger partial charge in [0.2, 0.25) is 0 Å². The van der Waals surface area contributed by atoms with E-state index in [4.69, 9.17) is 10.5 Å². The molecule has 1 aromatic heterocycles. The highest BCUT2D eigenvalue weighted by Gasteiger charge is 2.35.